The van der Waals surface area contributed by atoms with Gasteiger partial charge in [0.2, 0.25) is 0 Å². The molecule has 1 N–H and O–H groups in total. The normalized spacial score (nSPS) is 16.5. The second-order valence-corrected chi connectivity index (χ2v) is 6.20. The van der Waals surface area contributed by atoms with Crippen molar-refractivity contribution in [2.45, 2.75) is 32.2 Å². The van der Waals surface area contributed by atoms with E-state index in [1.165, 1.54) is 35.4 Å². The van der Waals surface area contributed by atoms with E-state index in [1.54, 1.807) is 11.3 Å². The first-order chi connectivity index (χ1) is 8.83. The molecule has 1 saturated carbocycles. The van der Waals surface area contributed by atoms with Crippen LogP contribution in [0.1, 0.15) is 26.2 Å². The van der Waals surface area contributed by atoms with E-state index in [0.29, 0.717) is 6.04 Å². The van der Waals surface area contributed by atoms with E-state index < -0.39 is 0 Å². The molecule has 0 saturated heterocycles. The number of benzene rings is 1. The monoisotopic (exact) mass is 257 g/mol. The van der Waals surface area contributed by atoms with Crippen LogP contribution in [0.15, 0.2) is 41.8 Å². The molecule has 0 spiro atoms. The van der Waals surface area contributed by atoms with Crippen LogP contribution in [-0.2, 0) is 0 Å². The molecule has 1 aromatic carbocycles. The highest BCUT2D eigenvalue weighted by molar-refractivity contribution is 7.13. The van der Waals surface area contributed by atoms with Gasteiger partial charge in [0.15, 0.2) is 0 Å². The number of hydrogen-bond donors (Lipinski definition) is 1. The molecular formula is C16H19NS. The Morgan fingerprint density at radius 2 is 2.06 bits per heavy atom. The summed E-state index contributed by atoms with van der Waals surface area (Å²) in [5.41, 5.74) is 2.60. The highest BCUT2D eigenvalue weighted by atomic mass is 32.1. The number of anilines is 1. The van der Waals surface area contributed by atoms with Crippen LogP contribution in [0.3, 0.4) is 0 Å². The molecule has 18 heavy (non-hydrogen) atoms. The van der Waals surface area contributed by atoms with E-state index in [-0.39, 0.29) is 0 Å². The third kappa shape index (κ3) is 2.75. The highest BCUT2D eigenvalue weighted by Crippen LogP contribution is 2.36. The van der Waals surface area contributed by atoms with Crippen LogP contribution < -0.4 is 5.32 Å². The second kappa shape index (κ2) is 5.15. The van der Waals surface area contributed by atoms with Crippen molar-refractivity contribution >= 4 is 17.0 Å². The number of rotatable bonds is 5. The van der Waals surface area contributed by atoms with Gasteiger partial charge in [-0.15, -0.1) is 11.3 Å². The Balaban J connectivity index is 1.78. The van der Waals surface area contributed by atoms with Crippen LogP contribution in [0.2, 0.25) is 0 Å². The lowest BCUT2D eigenvalue weighted by atomic mass is 10.1. The molecule has 1 aliphatic carbocycles. The molecule has 94 valence electrons. The van der Waals surface area contributed by atoms with Gasteiger partial charge in [0, 0.05) is 22.2 Å². The largest absolute Gasteiger partial charge is 0.382 e. The molecule has 1 fully saturated rings. The van der Waals surface area contributed by atoms with Crippen LogP contribution in [0.4, 0.5) is 5.69 Å². The Hall–Kier alpha value is -1.28. The number of thiophene rings is 1. The summed E-state index contributed by atoms with van der Waals surface area (Å²) in [6, 6.07) is 13.5. The van der Waals surface area contributed by atoms with E-state index in [4.69, 9.17) is 0 Å². The van der Waals surface area contributed by atoms with Gasteiger partial charge in [-0.05, 0) is 36.8 Å². The summed E-state index contributed by atoms with van der Waals surface area (Å²) in [5, 5.41) is 5.82. The minimum absolute atomic E-state index is 0.568. The highest BCUT2D eigenvalue weighted by Gasteiger charge is 2.23. The van der Waals surface area contributed by atoms with Gasteiger partial charge in [-0.3, -0.25) is 0 Å². The van der Waals surface area contributed by atoms with Crippen molar-refractivity contribution in [1.82, 2.24) is 0 Å². The Morgan fingerprint density at radius 3 is 2.78 bits per heavy atom. The molecular weight excluding hydrogens is 238 g/mol. The van der Waals surface area contributed by atoms with E-state index in [0.717, 1.165) is 5.92 Å². The SMILES string of the molecule is CC(CC1CC1)Nc1ccccc1-c1cccs1. The summed E-state index contributed by atoms with van der Waals surface area (Å²) < 4.78 is 0. The molecule has 1 nitrogen and oxygen atoms in total. The first-order valence-corrected chi connectivity index (χ1v) is 7.60. The van der Waals surface area contributed by atoms with Gasteiger partial charge >= 0.3 is 0 Å². The van der Waals surface area contributed by atoms with Crippen LogP contribution in [0.25, 0.3) is 10.4 Å². The maximum Gasteiger partial charge on any atom is 0.0430 e. The first-order valence-electron chi connectivity index (χ1n) is 6.72. The van der Waals surface area contributed by atoms with Crippen molar-refractivity contribution in [3.8, 4) is 10.4 Å². The fourth-order valence-electron chi connectivity index (χ4n) is 2.43. The zero-order chi connectivity index (χ0) is 12.4. The topological polar surface area (TPSA) is 12.0 Å². The molecule has 2 heteroatoms. The maximum absolute atomic E-state index is 3.68. The van der Waals surface area contributed by atoms with E-state index in [2.05, 4.69) is 54.0 Å². The summed E-state index contributed by atoms with van der Waals surface area (Å²) in [5.74, 6) is 0.974. The van der Waals surface area contributed by atoms with Crippen LogP contribution >= 0.6 is 11.3 Å². The second-order valence-electron chi connectivity index (χ2n) is 5.25. The zero-order valence-electron chi connectivity index (χ0n) is 10.7. The molecule has 1 heterocycles. The van der Waals surface area contributed by atoms with Gasteiger partial charge in [0.1, 0.15) is 0 Å². The van der Waals surface area contributed by atoms with Gasteiger partial charge in [-0.1, -0.05) is 37.1 Å². The maximum atomic E-state index is 3.68. The van der Waals surface area contributed by atoms with E-state index in [1.807, 2.05) is 0 Å². The van der Waals surface area contributed by atoms with Gasteiger partial charge in [-0.2, -0.15) is 0 Å². The van der Waals surface area contributed by atoms with Crippen LogP contribution in [0, 0.1) is 5.92 Å². The average molecular weight is 257 g/mol. The Morgan fingerprint density at radius 1 is 1.22 bits per heavy atom. The fraction of sp³-hybridized carbons (Fsp3) is 0.375. The molecule has 3 rings (SSSR count). The van der Waals surface area contributed by atoms with Crippen molar-refractivity contribution in [1.29, 1.82) is 0 Å². The predicted octanol–water partition coefficient (Wildman–Crippen LogP) is 5.02. The van der Waals surface area contributed by atoms with Crippen LogP contribution in [0.5, 0.6) is 0 Å². The zero-order valence-corrected chi connectivity index (χ0v) is 11.5. The van der Waals surface area contributed by atoms with Crippen molar-refractivity contribution < 1.29 is 0 Å². The summed E-state index contributed by atoms with van der Waals surface area (Å²) in [6.07, 6.45) is 4.16. The molecule has 2 aromatic rings. The Labute approximate surface area is 113 Å². The molecule has 1 aromatic heterocycles. The molecule has 0 aliphatic heterocycles. The smallest absolute Gasteiger partial charge is 0.0430 e. The lowest BCUT2D eigenvalue weighted by molar-refractivity contribution is 0.642. The van der Waals surface area contributed by atoms with Gasteiger partial charge in [0.25, 0.3) is 0 Å². The summed E-state index contributed by atoms with van der Waals surface area (Å²) >= 11 is 1.80. The first kappa shape index (κ1) is 11.8. The number of hydrogen-bond acceptors (Lipinski definition) is 2. The van der Waals surface area contributed by atoms with E-state index in [9.17, 15) is 0 Å². The molecule has 0 amide bonds. The summed E-state index contributed by atoms with van der Waals surface area (Å²) in [7, 11) is 0. The summed E-state index contributed by atoms with van der Waals surface area (Å²) in [6.45, 7) is 2.30. The van der Waals surface area contributed by atoms with Crippen molar-refractivity contribution in [2.24, 2.45) is 5.92 Å². The van der Waals surface area contributed by atoms with Gasteiger partial charge < -0.3 is 5.32 Å². The molecule has 0 bridgehead atoms. The standard InChI is InChI=1S/C16H19NS/c1-12(11-13-8-9-13)17-15-6-3-2-5-14(15)16-7-4-10-18-16/h2-7,10,12-13,17H,8-9,11H2,1H3. The van der Waals surface area contributed by atoms with Crippen molar-refractivity contribution in [3.63, 3.8) is 0 Å². The van der Waals surface area contributed by atoms with Crippen molar-refractivity contribution in [3.05, 3.63) is 41.8 Å². The lowest BCUT2D eigenvalue weighted by Gasteiger charge is -2.17. The third-order valence-electron chi connectivity index (χ3n) is 3.50. The number of nitrogens with one attached hydrogen (secondary N) is 1. The molecule has 0 radical (unpaired) electrons. The summed E-state index contributed by atoms with van der Waals surface area (Å²) in [4.78, 5) is 1.34. The molecule has 1 aliphatic rings. The average Bonchev–Trinajstić information content (AvgIpc) is 3.01. The van der Waals surface area contributed by atoms with Crippen LogP contribution in [-0.4, -0.2) is 6.04 Å². The quantitative estimate of drug-likeness (QED) is 0.793. The third-order valence-corrected chi connectivity index (χ3v) is 4.40. The lowest BCUT2D eigenvalue weighted by Crippen LogP contribution is -2.16. The number of para-hydroxylation sites is 1. The fourth-order valence-corrected chi connectivity index (χ4v) is 3.20. The van der Waals surface area contributed by atoms with Gasteiger partial charge in [0.05, 0.1) is 0 Å². The Bertz CT molecular complexity index is 500. The minimum Gasteiger partial charge on any atom is -0.382 e. The molecule has 1 atom stereocenters. The van der Waals surface area contributed by atoms with Gasteiger partial charge in [-0.25, -0.2) is 0 Å². The van der Waals surface area contributed by atoms with Crippen molar-refractivity contribution in [2.75, 3.05) is 5.32 Å². The predicted molar refractivity (Wildman–Crippen MR) is 80.2 cm³/mol. The molecule has 1 unspecified atom stereocenters. The minimum atomic E-state index is 0.568. The Kier molecular flexibility index (Phi) is 3.37. The van der Waals surface area contributed by atoms with E-state index >= 15 is 0 Å².